The number of carboxylic acids is 3. The van der Waals surface area contributed by atoms with E-state index in [0.29, 0.717) is 6.42 Å². The van der Waals surface area contributed by atoms with E-state index < -0.39 is 41.8 Å². The third-order valence-electron chi connectivity index (χ3n) is 3.36. The monoisotopic (exact) mass is 351 g/mol. The van der Waals surface area contributed by atoms with Crippen LogP contribution in [0.5, 0.6) is 0 Å². The largest absolute Gasteiger partial charge is 0.481 e. The molecule has 4 N–H and O–H groups in total. The van der Waals surface area contributed by atoms with E-state index in [1.54, 1.807) is 0 Å². The zero-order valence-electron chi connectivity index (χ0n) is 13.9. The fraction of sp³-hybridized carbons (Fsp3) is 0.412. The second-order valence-electron chi connectivity index (χ2n) is 5.68. The first-order chi connectivity index (χ1) is 11.6. The van der Waals surface area contributed by atoms with Gasteiger partial charge >= 0.3 is 17.9 Å². The van der Waals surface area contributed by atoms with Crippen LogP contribution in [0.25, 0.3) is 0 Å². The van der Waals surface area contributed by atoms with Gasteiger partial charge in [-0.15, -0.1) is 0 Å². The number of carbonyl (C=O) groups is 3. The first-order valence-corrected chi connectivity index (χ1v) is 7.37. The molecule has 1 aromatic carbocycles. The average molecular weight is 351 g/mol. The first-order valence-electron chi connectivity index (χ1n) is 7.37. The van der Waals surface area contributed by atoms with Crippen LogP contribution >= 0.6 is 0 Å². The van der Waals surface area contributed by atoms with Gasteiger partial charge in [0.05, 0.1) is 24.8 Å². The van der Waals surface area contributed by atoms with Crippen molar-refractivity contribution in [3.63, 3.8) is 0 Å². The Hall–Kier alpha value is -2.92. The minimum atomic E-state index is -2.80. The van der Waals surface area contributed by atoms with Crippen molar-refractivity contribution in [2.24, 2.45) is 11.8 Å². The summed E-state index contributed by atoms with van der Waals surface area (Å²) in [5.74, 6) is -7.35. The van der Waals surface area contributed by atoms with Crippen LogP contribution < -0.4 is 0 Å². The lowest BCUT2D eigenvalue weighted by Gasteiger charge is -2.30. The summed E-state index contributed by atoms with van der Waals surface area (Å²) in [5, 5.41) is 44.1. The summed E-state index contributed by atoms with van der Waals surface area (Å²) >= 11 is 0. The highest BCUT2D eigenvalue weighted by Gasteiger charge is 2.51. The second kappa shape index (κ2) is 10.1. The fourth-order valence-corrected chi connectivity index (χ4v) is 2.28. The van der Waals surface area contributed by atoms with Crippen molar-refractivity contribution in [3.05, 3.63) is 35.9 Å². The van der Waals surface area contributed by atoms with Crippen LogP contribution in [-0.4, -0.2) is 43.9 Å². The van der Waals surface area contributed by atoms with Crippen LogP contribution in [0.15, 0.2) is 30.3 Å². The molecule has 0 saturated heterocycles. The Morgan fingerprint density at radius 2 is 1.64 bits per heavy atom. The van der Waals surface area contributed by atoms with Gasteiger partial charge in [-0.1, -0.05) is 44.2 Å². The third-order valence-corrected chi connectivity index (χ3v) is 3.36. The summed E-state index contributed by atoms with van der Waals surface area (Å²) in [5.41, 5.74) is -1.72. The summed E-state index contributed by atoms with van der Waals surface area (Å²) in [6.45, 7) is 2.79. The van der Waals surface area contributed by atoms with Crippen LogP contribution in [0.1, 0.15) is 25.8 Å². The highest BCUT2D eigenvalue weighted by atomic mass is 16.4. The second-order valence-corrected chi connectivity index (χ2v) is 5.68. The molecular weight excluding hydrogens is 330 g/mol. The zero-order chi connectivity index (χ0) is 19.6. The molecule has 0 saturated carbocycles. The summed E-state index contributed by atoms with van der Waals surface area (Å²) in [4.78, 5) is 32.1. The van der Waals surface area contributed by atoms with E-state index in [1.807, 2.05) is 30.3 Å². The average Bonchev–Trinajstić information content (AvgIpc) is 2.47. The van der Waals surface area contributed by atoms with Crippen molar-refractivity contribution >= 4 is 17.9 Å². The van der Waals surface area contributed by atoms with Crippen LogP contribution in [0.3, 0.4) is 0 Å². The minimum absolute atomic E-state index is 0.515. The Bertz CT molecular complexity index is 636. The lowest BCUT2D eigenvalue weighted by molar-refractivity contribution is -0.182. The molecule has 0 aliphatic rings. The number of nitriles is 1. The standard InChI is InChI=1S/C9H14O7.C8H7N/c1-4(2)6(7(12)13)9(16,8(14)15)3-5(10)11;9-7-6-8-4-2-1-3-5-8/h4,6,16H,3H2,1-2H3,(H,10,11)(H,12,13)(H,14,15);1-5H,6H2. The van der Waals surface area contributed by atoms with Crippen molar-refractivity contribution in [1.82, 2.24) is 0 Å². The van der Waals surface area contributed by atoms with Gasteiger partial charge in [0.25, 0.3) is 0 Å². The number of nitrogens with zero attached hydrogens (tertiary/aromatic N) is 1. The molecule has 0 aromatic heterocycles. The quantitative estimate of drug-likeness (QED) is 0.574. The highest BCUT2D eigenvalue weighted by molar-refractivity contribution is 5.89. The third kappa shape index (κ3) is 7.01. The van der Waals surface area contributed by atoms with Crippen LogP contribution in [0, 0.1) is 23.2 Å². The van der Waals surface area contributed by atoms with E-state index >= 15 is 0 Å². The molecule has 25 heavy (non-hydrogen) atoms. The maximum atomic E-state index is 10.9. The SMILES string of the molecule is CC(C)C(C(=O)O)C(O)(CC(=O)O)C(=O)O.N#CCc1ccccc1. The Kier molecular flexibility index (Phi) is 8.88. The van der Waals surface area contributed by atoms with E-state index in [9.17, 15) is 19.5 Å². The molecule has 0 radical (unpaired) electrons. The number of benzene rings is 1. The summed E-state index contributed by atoms with van der Waals surface area (Å²) in [6, 6.07) is 11.8. The predicted molar refractivity (Wildman–Crippen MR) is 86.6 cm³/mol. The highest BCUT2D eigenvalue weighted by Crippen LogP contribution is 2.29. The van der Waals surface area contributed by atoms with Gasteiger partial charge < -0.3 is 20.4 Å². The first kappa shape index (κ1) is 22.1. The van der Waals surface area contributed by atoms with E-state index in [1.165, 1.54) is 13.8 Å². The number of aliphatic hydroxyl groups is 1. The molecule has 0 heterocycles. The topological polar surface area (TPSA) is 156 Å². The number of aliphatic carboxylic acids is 3. The van der Waals surface area contributed by atoms with Crippen molar-refractivity contribution in [3.8, 4) is 6.07 Å². The molecule has 1 aromatic rings. The number of carboxylic acid groups (broad SMARTS) is 3. The molecule has 0 spiro atoms. The van der Waals surface area contributed by atoms with Crippen LogP contribution in [0.4, 0.5) is 0 Å². The molecular formula is C17H21NO7. The Morgan fingerprint density at radius 1 is 1.12 bits per heavy atom. The van der Waals surface area contributed by atoms with Gasteiger partial charge in [0.1, 0.15) is 0 Å². The molecule has 0 bridgehead atoms. The van der Waals surface area contributed by atoms with Gasteiger partial charge in [0.2, 0.25) is 0 Å². The predicted octanol–water partition coefficient (Wildman–Crippen LogP) is 1.39. The molecule has 2 atom stereocenters. The lowest BCUT2D eigenvalue weighted by atomic mass is 9.77. The Morgan fingerprint density at radius 3 is 1.96 bits per heavy atom. The van der Waals surface area contributed by atoms with Crippen molar-refractivity contribution in [2.45, 2.75) is 32.3 Å². The van der Waals surface area contributed by atoms with E-state index in [2.05, 4.69) is 6.07 Å². The molecule has 8 nitrogen and oxygen atoms in total. The molecule has 0 aliphatic carbocycles. The molecule has 0 fully saturated rings. The van der Waals surface area contributed by atoms with Crippen molar-refractivity contribution in [1.29, 1.82) is 5.26 Å². The van der Waals surface area contributed by atoms with Crippen molar-refractivity contribution < 1.29 is 34.8 Å². The Labute approximate surface area is 145 Å². The smallest absolute Gasteiger partial charge is 0.337 e. The maximum Gasteiger partial charge on any atom is 0.337 e. The van der Waals surface area contributed by atoms with E-state index in [4.69, 9.17) is 20.6 Å². The normalized spacial score (nSPS) is 13.6. The molecule has 0 amide bonds. The van der Waals surface area contributed by atoms with E-state index in [-0.39, 0.29) is 0 Å². The molecule has 1 rings (SSSR count). The summed E-state index contributed by atoms with van der Waals surface area (Å²) < 4.78 is 0. The zero-order valence-corrected chi connectivity index (χ0v) is 13.9. The van der Waals surface area contributed by atoms with Gasteiger partial charge in [-0.2, -0.15) is 5.26 Å². The van der Waals surface area contributed by atoms with Gasteiger partial charge in [0, 0.05) is 0 Å². The van der Waals surface area contributed by atoms with Crippen LogP contribution in [0.2, 0.25) is 0 Å². The van der Waals surface area contributed by atoms with Gasteiger partial charge in [0.15, 0.2) is 5.60 Å². The Balaban J connectivity index is 0.000000535. The number of hydrogen-bond donors (Lipinski definition) is 4. The minimum Gasteiger partial charge on any atom is -0.481 e. The van der Waals surface area contributed by atoms with Gasteiger partial charge in [-0.25, -0.2) is 4.79 Å². The molecule has 2 unspecified atom stereocenters. The van der Waals surface area contributed by atoms with E-state index in [0.717, 1.165) is 5.56 Å². The molecule has 0 aliphatic heterocycles. The maximum absolute atomic E-state index is 10.9. The summed E-state index contributed by atoms with van der Waals surface area (Å²) in [7, 11) is 0. The molecule has 136 valence electrons. The number of hydrogen-bond acceptors (Lipinski definition) is 5. The number of rotatable bonds is 7. The molecule has 8 heteroatoms. The van der Waals surface area contributed by atoms with Gasteiger partial charge in [-0.05, 0) is 11.5 Å². The van der Waals surface area contributed by atoms with Crippen molar-refractivity contribution in [2.75, 3.05) is 0 Å². The fourth-order valence-electron chi connectivity index (χ4n) is 2.28. The lowest BCUT2D eigenvalue weighted by Crippen LogP contribution is -2.52. The van der Waals surface area contributed by atoms with Gasteiger partial charge in [-0.3, -0.25) is 9.59 Å². The van der Waals surface area contributed by atoms with Crippen LogP contribution in [-0.2, 0) is 20.8 Å². The summed E-state index contributed by atoms with van der Waals surface area (Å²) in [6.07, 6.45) is -0.641.